The topological polar surface area (TPSA) is 80.7 Å². The first kappa shape index (κ1) is 30.0. The van der Waals surface area contributed by atoms with Gasteiger partial charge in [-0.25, -0.2) is 4.98 Å². The smallest absolute Gasteiger partial charge is 0.261 e. The molecule has 6 nitrogen and oxygen atoms in total. The van der Waals surface area contributed by atoms with Crippen molar-refractivity contribution in [3.05, 3.63) is 101 Å². The molecule has 0 fully saturated rings. The normalized spacial score (nSPS) is 13.7. The predicted molar refractivity (Wildman–Crippen MR) is 167 cm³/mol. The molecular formula is C34H38NO5SSi-. The Morgan fingerprint density at radius 2 is 1.64 bits per heavy atom. The van der Waals surface area contributed by atoms with Gasteiger partial charge in [-0.3, -0.25) is 0 Å². The molecule has 4 aromatic rings. The summed E-state index contributed by atoms with van der Waals surface area (Å²) in [4.78, 5) is 16.4. The quantitative estimate of drug-likeness (QED) is 0.154. The minimum Gasteiger partial charge on any atom is -0.550 e. The molecule has 0 N–H and O–H groups in total. The molecule has 0 radical (unpaired) electrons. The summed E-state index contributed by atoms with van der Waals surface area (Å²) in [5.74, 6) is 0.00392. The van der Waals surface area contributed by atoms with Crippen LogP contribution in [-0.4, -0.2) is 32.7 Å². The van der Waals surface area contributed by atoms with Crippen molar-refractivity contribution >= 4 is 36.0 Å². The van der Waals surface area contributed by atoms with E-state index in [-0.39, 0.29) is 24.2 Å². The molecule has 0 amide bonds. The highest BCUT2D eigenvalue weighted by atomic mass is 32.1. The zero-order valence-electron chi connectivity index (χ0n) is 24.5. The van der Waals surface area contributed by atoms with Crippen molar-refractivity contribution in [3.8, 4) is 11.5 Å². The molecule has 0 saturated carbocycles. The maximum Gasteiger partial charge on any atom is 0.261 e. The molecule has 3 aromatic carbocycles. The first-order chi connectivity index (χ1) is 20.3. The molecule has 1 unspecified atom stereocenters. The number of aromatic nitrogens is 1. The molecule has 0 spiro atoms. The van der Waals surface area contributed by atoms with Crippen LogP contribution in [0.3, 0.4) is 0 Å². The van der Waals surface area contributed by atoms with E-state index in [4.69, 9.17) is 18.9 Å². The van der Waals surface area contributed by atoms with Crippen molar-refractivity contribution < 1.29 is 23.8 Å². The maximum absolute atomic E-state index is 11.5. The summed E-state index contributed by atoms with van der Waals surface area (Å²) in [6, 6.07) is 27.1. The lowest BCUT2D eigenvalue weighted by molar-refractivity contribution is -0.306. The molecule has 2 heterocycles. The molecule has 0 saturated heterocycles. The number of benzene rings is 3. The summed E-state index contributed by atoms with van der Waals surface area (Å²) in [5, 5.41) is 17.2. The van der Waals surface area contributed by atoms with E-state index < -0.39 is 14.3 Å². The van der Waals surface area contributed by atoms with E-state index in [9.17, 15) is 9.90 Å². The third-order valence-corrected chi connectivity index (χ3v) is 13.9. The lowest BCUT2D eigenvalue weighted by Crippen LogP contribution is -2.66. The summed E-state index contributed by atoms with van der Waals surface area (Å²) in [6.07, 6.45) is 3.22. The highest BCUT2D eigenvalue weighted by Gasteiger charge is 2.49. The number of unbranched alkanes of at least 4 members (excludes halogenated alkanes) is 1. The Kier molecular flexibility index (Phi) is 9.46. The Bertz CT molecular complexity index is 1430. The number of fused-ring (bicyclic) bond motifs is 1. The third kappa shape index (κ3) is 6.77. The molecule has 1 aliphatic heterocycles. The number of aryl methyl sites for hydroxylation is 1. The fourth-order valence-corrected chi connectivity index (χ4v) is 11.3. The van der Waals surface area contributed by atoms with Gasteiger partial charge in [-0.1, -0.05) is 87.5 Å². The molecule has 1 aliphatic rings. The Morgan fingerprint density at radius 1 is 0.976 bits per heavy atom. The van der Waals surface area contributed by atoms with Gasteiger partial charge in [0.25, 0.3) is 8.32 Å². The first-order valence-electron chi connectivity index (χ1n) is 14.5. The number of carbonyl (C=O) groups is 1. The van der Waals surface area contributed by atoms with Crippen LogP contribution in [0.25, 0.3) is 0 Å². The molecule has 8 heteroatoms. The van der Waals surface area contributed by atoms with Crippen LogP contribution in [0.2, 0.25) is 5.04 Å². The molecular weight excluding hydrogens is 563 g/mol. The Labute approximate surface area is 253 Å². The van der Waals surface area contributed by atoms with Crippen molar-refractivity contribution in [2.75, 3.05) is 13.4 Å². The number of hydrogen-bond acceptors (Lipinski definition) is 7. The maximum atomic E-state index is 11.5. The second kappa shape index (κ2) is 13.2. The highest BCUT2D eigenvalue weighted by Crippen LogP contribution is 2.38. The van der Waals surface area contributed by atoms with Crippen molar-refractivity contribution in [2.24, 2.45) is 0 Å². The van der Waals surface area contributed by atoms with Crippen LogP contribution in [-0.2, 0) is 22.1 Å². The molecule has 0 bridgehead atoms. The summed E-state index contributed by atoms with van der Waals surface area (Å²) >= 11 is 1.64. The number of rotatable bonds is 13. The fourth-order valence-electron chi connectivity index (χ4n) is 5.85. The van der Waals surface area contributed by atoms with Gasteiger partial charge in [0.2, 0.25) is 6.79 Å². The monoisotopic (exact) mass is 600 g/mol. The zero-order valence-corrected chi connectivity index (χ0v) is 26.3. The Hall–Kier alpha value is -3.46. The van der Waals surface area contributed by atoms with Gasteiger partial charge in [0.15, 0.2) is 11.5 Å². The molecule has 5 rings (SSSR count). The lowest BCUT2D eigenvalue weighted by atomic mass is 9.91. The standard InChI is InChI=1S/C34H39NO5SSi/c1-34(2,3)42(28-12-6-4-7-13-28,29-14-8-5-9-15-29)40-19-11-10-16-32-35-27(23-41-32)20-26(22-33(36)37)25-17-18-30-31(21-25)39-24-38-30/h4-9,12-15,17-18,21,23,26H,10-11,16,19-20,22,24H2,1-3H3,(H,36,37)/p-1. The molecule has 220 valence electrons. The number of ether oxygens (including phenoxy) is 2. The largest absolute Gasteiger partial charge is 0.550 e. The van der Waals surface area contributed by atoms with E-state index in [1.165, 1.54) is 10.4 Å². The van der Waals surface area contributed by atoms with Gasteiger partial charge in [0, 0.05) is 18.0 Å². The number of carbonyl (C=O) groups excluding carboxylic acids is 1. The Morgan fingerprint density at radius 3 is 2.29 bits per heavy atom. The van der Waals surface area contributed by atoms with Gasteiger partial charge in [0.1, 0.15) is 0 Å². The Balaban J connectivity index is 1.21. The van der Waals surface area contributed by atoms with E-state index in [1.807, 2.05) is 23.6 Å². The van der Waals surface area contributed by atoms with Gasteiger partial charge in [0.05, 0.1) is 10.7 Å². The predicted octanol–water partition coefficient (Wildman–Crippen LogP) is 5.24. The van der Waals surface area contributed by atoms with E-state index in [1.54, 1.807) is 11.3 Å². The molecule has 42 heavy (non-hydrogen) atoms. The summed E-state index contributed by atoms with van der Waals surface area (Å²) < 4.78 is 17.9. The summed E-state index contributed by atoms with van der Waals surface area (Å²) in [7, 11) is -2.53. The minimum atomic E-state index is -2.53. The van der Waals surface area contributed by atoms with Crippen molar-refractivity contribution in [1.29, 1.82) is 0 Å². The minimum absolute atomic E-state index is 0.0418. The van der Waals surface area contributed by atoms with E-state index in [2.05, 4.69) is 81.4 Å². The van der Waals surface area contributed by atoms with Gasteiger partial charge in [-0.05, 0) is 71.1 Å². The van der Waals surface area contributed by atoms with Crippen LogP contribution in [0.1, 0.15) is 62.2 Å². The average molecular weight is 601 g/mol. The van der Waals surface area contributed by atoms with Gasteiger partial charge >= 0.3 is 0 Å². The van der Waals surface area contributed by atoms with Crippen LogP contribution in [0.5, 0.6) is 11.5 Å². The number of hydrogen-bond donors (Lipinski definition) is 0. The zero-order chi connectivity index (χ0) is 29.6. The number of carboxylic acid groups (broad SMARTS) is 1. The van der Waals surface area contributed by atoms with Crippen molar-refractivity contribution in [1.82, 2.24) is 4.98 Å². The second-order valence-corrected chi connectivity index (χ2v) is 17.0. The van der Waals surface area contributed by atoms with Crippen LogP contribution in [0.4, 0.5) is 0 Å². The number of thiazole rings is 1. The average Bonchev–Trinajstić information content (AvgIpc) is 3.63. The van der Waals surface area contributed by atoms with Gasteiger partial charge in [-0.2, -0.15) is 0 Å². The molecule has 0 aliphatic carbocycles. The highest BCUT2D eigenvalue weighted by molar-refractivity contribution is 7.09. The lowest BCUT2D eigenvalue weighted by Gasteiger charge is -2.43. The number of aliphatic carboxylic acids is 1. The SMILES string of the molecule is CC(C)(C)[Si](OCCCCc1nc(CC(CC(=O)[O-])c2ccc3c(c2)OCO3)cs1)(c1ccccc1)c1ccccc1. The van der Waals surface area contributed by atoms with Crippen molar-refractivity contribution in [3.63, 3.8) is 0 Å². The van der Waals surface area contributed by atoms with Crippen molar-refractivity contribution in [2.45, 2.75) is 63.8 Å². The third-order valence-electron chi connectivity index (χ3n) is 7.86. The van der Waals surface area contributed by atoms with E-state index in [0.717, 1.165) is 35.5 Å². The van der Waals surface area contributed by atoms with Crippen LogP contribution in [0.15, 0.2) is 84.2 Å². The van der Waals surface area contributed by atoms with Gasteiger partial charge < -0.3 is 23.8 Å². The second-order valence-electron chi connectivity index (χ2n) is 11.8. The summed E-state index contributed by atoms with van der Waals surface area (Å²) in [6.45, 7) is 7.76. The summed E-state index contributed by atoms with van der Waals surface area (Å²) in [5.41, 5.74) is 1.79. The molecule has 1 atom stereocenters. The molecule has 1 aromatic heterocycles. The van der Waals surface area contributed by atoms with Crippen LogP contribution in [0, 0.1) is 0 Å². The number of carboxylic acids is 1. The van der Waals surface area contributed by atoms with Crippen LogP contribution >= 0.6 is 11.3 Å². The fraction of sp³-hybridized carbons (Fsp3) is 0.353. The van der Waals surface area contributed by atoms with E-state index >= 15 is 0 Å². The van der Waals surface area contributed by atoms with E-state index in [0.29, 0.717) is 24.5 Å². The first-order valence-corrected chi connectivity index (χ1v) is 17.3. The van der Waals surface area contributed by atoms with Gasteiger partial charge in [-0.15, -0.1) is 11.3 Å². The number of nitrogens with zero attached hydrogens (tertiary/aromatic N) is 1. The van der Waals surface area contributed by atoms with Crippen LogP contribution < -0.4 is 25.0 Å².